The van der Waals surface area contributed by atoms with Gasteiger partial charge in [0.2, 0.25) is 0 Å². The molecule has 7 heteroatoms. The van der Waals surface area contributed by atoms with E-state index >= 15 is 0 Å². The Bertz CT molecular complexity index is 774. The van der Waals surface area contributed by atoms with Crippen LogP contribution in [0.15, 0.2) is 59.5 Å². The lowest BCUT2D eigenvalue weighted by Gasteiger charge is -2.19. The van der Waals surface area contributed by atoms with Gasteiger partial charge in [0.25, 0.3) is 15.9 Å². The van der Waals surface area contributed by atoms with Crippen molar-refractivity contribution in [2.45, 2.75) is 11.8 Å². The molecule has 2 aromatic rings. The Labute approximate surface area is 141 Å². The van der Waals surface area contributed by atoms with Crippen LogP contribution in [0, 0.1) is 0 Å². The van der Waals surface area contributed by atoms with E-state index in [0.29, 0.717) is 17.8 Å². The second-order valence-electron chi connectivity index (χ2n) is 5.10. The van der Waals surface area contributed by atoms with Gasteiger partial charge in [0, 0.05) is 24.3 Å². The zero-order valence-electron chi connectivity index (χ0n) is 13.3. The Morgan fingerprint density at radius 2 is 1.71 bits per heavy atom. The highest BCUT2D eigenvalue weighted by Gasteiger charge is 2.16. The molecule has 2 rings (SSSR count). The van der Waals surface area contributed by atoms with E-state index in [1.165, 1.54) is 17.0 Å². The van der Waals surface area contributed by atoms with Crippen molar-refractivity contribution in [1.82, 2.24) is 4.90 Å². The Kier molecular flexibility index (Phi) is 5.94. The molecular weight excluding hydrogens is 328 g/mol. The Hall–Kier alpha value is -2.38. The quantitative estimate of drug-likeness (QED) is 0.801. The molecule has 2 N–H and O–H groups in total. The third-order valence-corrected chi connectivity index (χ3v) is 4.87. The minimum absolute atomic E-state index is 0.103. The van der Waals surface area contributed by atoms with E-state index in [-0.39, 0.29) is 24.0 Å². The zero-order valence-corrected chi connectivity index (χ0v) is 14.2. The molecule has 6 nitrogen and oxygen atoms in total. The van der Waals surface area contributed by atoms with Crippen molar-refractivity contribution >= 4 is 21.6 Å². The number of rotatable bonds is 7. The number of likely N-dealkylation sites (N-methyl/N-ethyl adjacent to an activating group) is 1. The second-order valence-corrected chi connectivity index (χ2v) is 6.79. The summed E-state index contributed by atoms with van der Waals surface area (Å²) < 4.78 is 27.0. The van der Waals surface area contributed by atoms with E-state index in [2.05, 4.69) is 4.72 Å². The topological polar surface area (TPSA) is 86.7 Å². The summed E-state index contributed by atoms with van der Waals surface area (Å²) in [5.41, 5.74) is 0.813. The normalized spacial score (nSPS) is 11.1. The van der Waals surface area contributed by atoms with Crippen LogP contribution in [-0.4, -0.2) is 44.0 Å². The maximum absolute atomic E-state index is 12.3. The fourth-order valence-electron chi connectivity index (χ4n) is 2.20. The standard InChI is InChI=1S/C17H20N2O4S/c1-2-19(12-13-20)17(21)14-8-10-15(11-9-14)18-24(22,23)16-6-4-3-5-7-16/h3-11,18,20H,2,12-13H2,1H3. The lowest BCUT2D eigenvalue weighted by atomic mass is 10.2. The summed E-state index contributed by atoms with van der Waals surface area (Å²) in [6.45, 7) is 2.48. The molecule has 0 aliphatic heterocycles. The summed E-state index contributed by atoms with van der Waals surface area (Å²) in [5, 5.41) is 8.97. The monoisotopic (exact) mass is 348 g/mol. The van der Waals surface area contributed by atoms with Crippen LogP contribution in [0.5, 0.6) is 0 Å². The zero-order chi connectivity index (χ0) is 17.6. The number of anilines is 1. The first-order valence-corrected chi connectivity index (χ1v) is 9.04. The van der Waals surface area contributed by atoms with Gasteiger partial charge in [-0.2, -0.15) is 0 Å². The average molecular weight is 348 g/mol. The van der Waals surface area contributed by atoms with E-state index < -0.39 is 10.0 Å². The van der Waals surface area contributed by atoms with Crippen molar-refractivity contribution in [3.05, 3.63) is 60.2 Å². The van der Waals surface area contributed by atoms with Crippen LogP contribution in [-0.2, 0) is 10.0 Å². The molecule has 0 atom stereocenters. The van der Waals surface area contributed by atoms with Gasteiger partial charge in [-0.05, 0) is 43.3 Å². The van der Waals surface area contributed by atoms with Gasteiger partial charge >= 0.3 is 0 Å². The lowest BCUT2D eigenvalue weighted by Crippen LogP contribution is -2.33. The summed E-state index contributed by atoms with van der Waals surface area (Å²) in [6, 6.07) is 14.3. The molecule has 0 saturated carbocycles. The van der Waals surface area contributed by atoms with Crippen molar-refractivity contribution in [1.29, 1.82) is 0 Å². The van der Waals surface area contributed by atoms with Gasteiger partial charge < -0.3 is 10.0 Å². The molecule has 0 unspecified atom stereocenters. The predicted molar refractivity (Wildman–Crippen MR) is 92.4 cm³/mol. The molecule has 1 amide bonds. The highest BCUT2D eigenvalue weighted by Crippen LogP contribution is 2.17. The molecule has 0 aliphatic carbocycles. The van der Waals surface area contributed by atoms with E-state index in [4.69, 9.17) is 5.11 Å². The number of nitrogens with one attached hydrogen (secondary N) is 1. The molecule has 0 bridgehead atoms. The predicted octanol–water partition coefficient (Wildman–Crippen LogP) is 1.94. The fourth-order valence-corrected chi connectivity index (χ4v) is 3.28. The van der Waals surface area contributed by atoms with Crippen LogP contribution in [0.1, 0.15) is 17.3 Å². The van der Waals surface area contributed by atoms with E-state index in [9.17, 15) is 13.2 Å². The number of nitrogens with zero attached hydrogens (tertiary/aromatic N) is 1. The van der Waals surface area contributed by atoms with Crippen molar-refractivity contribution in [3.63, 3.8) is 0 Å². The maximum atomic E-state index is 12.3. The number of aliphatic hydroxyl groups is 1. The molecule has 0 fully saturated rings. The number of sulfonamides is 1. The van der Waals surface area contributed by atoms with Crippen LogP contribution in [0.4, 0.5) is 5.69 Å². The number of benzene rings is 2. The molecule has 0 radical (unpaired) electrons. The van der Waals surface area contributed by atoms with Gasteiger partial charge in [-0.25, -0.2) is 8.42 Å². The van der Waals surface area contributed by atoms with Crippen molar-refractivity contribution in [3.8, 4) is 0 Å². The van der Waals surface area contributed by atoms with Gasteiger partial charge in [0.1, 0.15) is 0 Å². The third kappa shape index (κ3) is 4.33. The summed E-state index contributed by atoms with van der Waals surface area (Å²) in [6.07, 6.45) is 0. The van der Waals surface area contributed by atoms with Gasteiger partial charge in [-0.15, -0.1) is 0 Å². The minimum atomic E-state index is -3.65. The number of amides is 1. The number of carbonyl (C=O) groups is 1. The molecule has 24 heavy (non-hydrogen) atoms. The molecule has 0 aliphatic rings. The molecule has 0 spiro atoms. The number of hydrogen-bond acceptors (Lipinski definition) is 4. The highest BCUT2D eigenvalue weighted by atomic mass is 32.2. The van der Waals surface area contributed by atoms with Crippen molar-refractivity contribution < 1.29 is 18.3 Å². The molecule has 0 heterocycles. The summed E-state index contributed by atoms with van der Waals surface area (Å²) in [5.74, 6) is -0.205. The van der Waals surface area contributed by atoms with E-state index in [1.807, 2.05) is 6.92 Å². The Morgan fingerprint density at radius 1 is 1.08 bits per heavy atom. The summed E-state index contributed by atoms with van der Waals surface area (Å²) in [7, 11) is -3.65. The number of aliphatic hydroxyl groups excluding tert-OH is 1. The van der Waals surface area contributed by atoms with Crippen molar-refractivity contribution in [2.24, 2.45) is 0 Å². The first kappa shape index (κ1) is 18.0. The van der Waals surface area contributed by atoms with E-state index in [0.717, 1.165) is 0 Å². The third-order valence-electron chi connectivity index (χ3n) is 3.48. The van der Waals surface area contributed by atoms with Crippen LogP contribution in [0.2, 0.25) is 0 Å². The number of carbonyl (C=O) groups excluding carboxylic acids is 1. The van der Waals surface area contributed by atoms with Crippen LogP contribution in [0.3, 0.4) is 0 Å². The number of hydrogen-bond donors (Lipinski definition) is 2. The molecule has 0 saturated heterocycles. The van der Waals surface area contributed by atoms with Crippen molar-refractivity contribution in [2.75, 3.05) is 24.4 Å². The molecule has 2 aromatic carbocycles. The first-order valence-electron chi connectivity index (χ1n) is 7.56. The SMILES string of the molecule is CCN(CCO)C(=O)c1ccc(NS(=O)(=O)c2ccccc2)cc1. The maximum Gasteiger partial charge on any atom is 0.261 e. The van der Waals surface area contributed by atoms with Gasteiger partial charge in [0.15, 0.2) is 0 Å². The molecule has 0 aromatic heterocycles. The van der Waals surface area contributed by atoms with Gasteiger partial charge in [-0.3, -0.25) is 9.52 Å². The Morgan fingerprint density at radius 3 is 2.25 bits per heavy atom. The van der Waals surface area contributed by atoms with Crippen LogP contribution in [0.25, 0.3) is 0 Å². The second kappa shape index (κ2) is 7.94. The molecule has 128 valence electrons. The van der Waals surface area contributed by atoms with Gasteiger partial charge in [-0.1, -0.05) is 18.2 Å². The van der Waals surface area contributed by atoms with Crippen LogP contribution < -0.4 is 4.72 Å². The van der Waals surface area contributed by atoms with Crippen LogP contribution >= 0.6 is 0 Å². The van der Waals surface area contributed by atoms with E-state index in [1.54, 1.807) is 42.5 Å². The summed E-state index contributed by atoms with van der Waals surface area (Å²) in [4.78, 5) is 13.9. The lowest BCUT2D eigenvalue weighted by molar-refractivity contribution is 0.0732. The fraction of sp³-hybridized carbons (Fsp3) is 0.235. The van der Waals surface area contributed by atoms with Gasteiger partial charge in [0.05, 0.1) is 11.5 Å². The summed E-state index contributed by atoms with van der Waals surface area (Å²) >= 11 is 0. The highest BCUT2D eigenvalue weighted by molar-refractivity contribution is 7.92. The smallest absolute Gasteiger partial charge is 0.261 e. The average Bonchev–Trinajstić information content (AvgIpc) is 2.60. The Balaban J connectivity index is 2.14. The first-order chi connectivity index (χ1) is 11.5. The minimum Gasteiger partial charge on any atom is -0.395 e. The molecular formula is C17H20N2O4S. The largest absolute Gasteiger partial charge is 0.395 e.